The lowest BCUT2D eigenvalue weighted by atomic mass is 9.77. The van der Waals surface area contributed by atoms with Gasteiger partial charge < -0.3 is 0 Å². The standard InChI is InChI=1S/C24H28F4/c1-2-3-4-5-16-6-9-18(10-7-16)19-14-22(26)20(23(27)15-19)12-17-8-11-21(25)24(28)13-17/h8,11,13-16,18H,2-7,9-10,12H2,1H3. The fourth-order valence-electron chi connectivity index (χ4n) is 4.35. The highest BCUT2D eigenvalue weighted by Crippen LogP contribution is 2.38. The molecular weight excluding hydrogens is 364 g/mol. The maximum Gasteiger partial charge on any atom is 0.159 e. The molecule has 0 atom stereocenters. The van der Waals surface area contributed by atoms with Crippen LogP contribution in [0.15, 0.2) is 30.3 Å². The van der Waals surface area contributed by atoms with E-state index in [0.29, 0.717) is 5.56 Å². The molecule has 1 fully saturated rings. The van der Waals surface area contributed by atoms with Gasteiger partial charge >= 0.3 is 0 Å². The van der Waals surface area contributed by atoms with Crippen molar-refractivity contribution in [1.29, 1.82) is 0 Å². The highest BCUT2D eigenvalue weighted by Gasteiger charge is 2.24. The van der Waals surface area contributed by atoms with Crippen molar-refractivity contribution in [2.75, 3.05) is 0 Å². The van der Waals surface area contributed by atoms with Crippen LogP contribution in [-0.2, 0) is 6.42 Å². The highest BCUT2D eigenvalue weighted by molar-refractivity contribution is 5.33. The number of rotatable bonds is 7. The highest BCUT2D eigenvalue weighted by atomic mass is 19.2. The fourth-order valence-corrected chi connectivity index (χ4v) is 4.35. The van der Waals surface area contributed by atoms with Crippen molar-refractivity contribution in [3.63, 3.8) is 0 Å². The van der Waals surface area contributed by atoms with Gasteiger partial charge in [0.2, 0.25) is 0 Å². The lowest BCUT2D eigenvalue weighted by molar-refractivity contribution is 0.302. The summed E-state index contributed by atoms with van der Waals surface area (Å²) >= 11 is 0. The summed E-state index contributed by atoms with van der Waals surface area (Å²) in [4.78, 5) is 0. The molecule has 1 aliphatic carbocycles. The average Bonchev–Trinajstić information content (AvgIpc) is 2.68. The molecule has 0 unspecified atom stereocenters. The Balaban J connectivity index is 1.66. The predicted octanol–water partition coefficient (Wildman–Crippen LogP) is 7.69. The minimum absolute atomic E-state index is 0.0944. The molecule has 0 spiro atoms. The second-order valence-electron chi connectivity index (χ2n) is 8.10. The van der Waals surface area contributed by atoms with Crippen LogP contribution < -0.4 is 0 Å². The molecule has 0 N–H and O–H groups in total. The van der Waals surface area contributed by atoms with Gasteiger partial charge in [0.15, 0.2) is 11.6 Å². The molecule has 0 amide bonds. The van der Waals surface area contributed by atoms with Crippen LogP contribution in [0.1, 0.15) is 80.9 Å². The summed E-state index contributed by atoms with van der Waals surface area (Å²) in [6, 6.07) is 6.18. The third-order valence-electron chi connectivity index (χ3n) is 6.06. The summed E-state index contributed by atoms with van der Waals surface area (Å²) in [5.74, 6) is -2.25. The normalized spacial score (nSPS) is 19.8. The van der Waals surface area contributed by atoms with Crippen molar-refractivity contribution >= 4 is 0 Å². The van der Waals surface area contributed by atoms with Crippen molar-refractivity contribution < 1.29 is 17.6 Å². The molecule has 3 rings (SSSR count). The van der Waals surface area contributed by atoms with Crippen LogP contribution in [0.25, 0.3) is 0 Å². The number of benzene rings is 2. The molecular formula is C24H28F4. The third-order valence-corrected chi connectivity index (χ3v) is 6.06. The van der Waals surface area contributed by atoms with E-state index in [1.165, 1.54) is 43.9 Å². The third kappa shape index (κ3) is 5.15. The second-order valence-corrected chi connectivity index (χ2v) is 8.10. The van der Waals surface area contributed by atoms with E-state index >= 15 is 0 Å². The summed E-state index contributed by atoms with van der Waals surface area (Å²) in [6.45, 7) is 2.20. The molecule has 0 aliphatic heterocycles. The molecule has 2 aromatic carbocycles. The molecule has 0 heterocycles. The minimum atomic E-state index is -1.01. The van der Waals surface area contributed by atoms with Crippen molar-refractivity contribution in [3.8, 4) is 0 Å². The predicted molar refractivity (Wildman–Crippen MR) is 104 cm³/mol. The Morgan fingerprint density at radius 2 is 1.46 bits per heavy atom. The molecule has 0 radical (unpaired) electrons. The van der Waals surface area contributed by atoms with Crippen LogP contribution in [0.5, 0.6) is 0 Å². The molecule has 1 saturated carbocycles. The van der Waals surface area contributed by atoms with Crippen molar-refractivity contribution in [2.45, 2.75) is 70.6 Å². The van der Waals surface area contributed by atoms with E-state index in [9.17, 15) is 17.6 Å². The lowest BCUT2D eigenvalue weighted by Gasteiger charge is -2.29. The maximum atomic E-state index is 14.6. The van der Waals surface area contributed by atoms with Crippen LogP contribution in [-0.4, -0.2) is 0 Å². The zero-order chi connectivity index (χ0) is 20.1. The van der Waals surface area contributed by atoms with E-state index in [-0.39, 0.29) is 17.9 Å². The van der Waals surface area contributed by atoms with Crippen LogP contribution in [0, 0.1) is 29.2 Å². The quantitative estimate of drug-likeness (QED) is 0.335. The van der Waals surface area contributed by atoms with E-state index in [1.807, 2.05) is 0 Å². The number of hydrogen-bond acceptors (Lipinski definition) is 0. The van der Waals surface area contributed by atoms with Gasteiger partial charge in [-0.25, -0.2) is 17.6 Å². The number of halogens is 4. The zero-order valence-electron chi connectivity index (χ0n) is 16.4. The summed E-state index contributed by atoms with van der Waals surface area (Å²) in [7, 11) is 0. The average molecular weight is 392 g/mol. The van der Waals surface area contributed by atoms with E-state index in [1.54, 1.807) is 0 Å². The van der Waals surface area contributed by atoms with Crippen molar-refractivity contribution in [1.82, 2.24) is 0 Å². The lowest BCUT2D eigenvalue weighted by Crippen LogP contribution is -2.14. The first-order valence-corrected chi connectivity index (χ1v) is 10.4. The molecule has 0 saturated heterocycles. The van der Waals surface area contributed by atoms with Gasteiger partial charge in [-0.1, -0.05) is 38.7 Å². The topological polar surface area (TPSA) is 0 Å². The van der Waals surface area contributed by atoms with Gasteiger partial charge in [0, 0.05) is 12.0 Å². The molecule has 4 heteroatoms. The summed E-state index contributed by atoms with van der Waals surface area (Å²) in [6.07, 6.45) is 9.11. The maximum absolute atomic E-state index is 14.6. The summed E-state index contributed by atoms with van der Waals surface area (Å²) < 4.78 is 55.6. The number of unbranched alkanes of at least 4 members (excludes halogenated alkanes) is 2. The number of hydrogen-bond donors (Lipinski definition) is 0. The van der Waals surface area contributed by atoms with Crippen molar-refractivity contribution in [3.05, 3.63) is 70.3 Å². The van der Waals surface area contributed by atoms with E-state index in [2.05, 4.69) is 6.92 Å². The summed E-state index contributed by atoms with van der Waals surface area (Å²) in [5.41, 5.74) is 0.969. The molecule has 0 aromatic heterocycles. The first-order chi connectivity index (χ1) is 13.5. The first-order valence-electron chi connectivity index (χ1n) is 10.4. The van der Waals surface area contributed by atoms with Gasteiger partial charge in [-0.15, -0.1) is 0 Å². The first kappa shape index (κ1) is 20.9. The molecule has 0 nitrogen and oxygen atoms in total. The smallest absolute Gasteiger partial charge is 0.159 e. The Morgan fingerprint density at radius 1 is 0.786 bits per heavy atom. The van der Waals surface area contributed by atoms with E-state index < -0.39 is 23.3 Å². The van der Waals surface area contributed by atoms with Gasteiger partial charge in [-0.3, -0.25) is 0 Å². The Morgan fingerprint density at radius 3 is 2.07 bits per heavy atom. The molecule has 2 aromatic rings. The summed E-state index contributed by atoms with van der Waals surface area (Å²) in [5, 5.41) is 0. The van der Waals surface area contributed by atoms with Gasteiger partial charge in [-0.2, -0.15) is 0 Å². The minimum Gasteiger partial charge on any atom is -0.207 e. The van der Waals surface area contributed by atoms with Crippen LogP contribution in [0.2, 0.25) is 0 Å². The van der Waals surface area contributed by atoms with Crippen molar-refractivity contribution in [2.24, 2.45) is 5.92 Å². The Labute approximate surface area is 165 Å². The van der Waals surface area contributed by atoms with Crippen LogP contribution >= 0.6 is 0 Å². The SMILES string of the molecule is CCCCCC1CCC(c2cc(F)c(Cc3ccc(F)c(F)c3)c(F)c2)CC1. The van der Waals surface area contributed by atoms with E-state index in [4.69, 9.17) is 0 Å². The molecule has 152 valence electrons. The largest absolute Gasteiger partial charge is 0.207 e. The van der Waals surface area contributed by atoms with Gasteiger partial charge in [0.25, 0.3) is 0 Å². The zero-order valence-corrected chi connectivity index (χ0v) is 16.4. The van der Waals surface area contributed by atoms with Crippen LogP contribution in [0.4, 0.5) is 17.6 Å². The van der Waals surface area contributed by atoms with Gasteiger partial charge in [-0.05, 0) is 72.9 Å². The van der Waals surface area contributed by atoms with Gasteiger partial charge in [0.05, 0.1) is 0 Å². The second kappa shape index (κ2) is 9.58. The van der Waals surface area contributed by atoms with E-state index in [0.717, 1.165) is 49.3 Å². The molecule has 1 aliphatic rings. The Bertz CT molecular complexity index is 768. The molecule has 0 bridgehead atoms. The Hall–Kier alpha value is -1.84. The molecule has 28 heavy (non-hydrogen) atoms. The van der Waals surface area contributed by atoms with Gasteiger partial charge in [0.1, 0.15) is 11.6 Å². The van der Waals surface area contributed by atoms with Crippen LogP contribution in [0.3, 0.4) is 0 Å². The Kier molecular flexibility index (Phi) is 7.14. The fraction of sp³-hybridized carbons (Fsp3) is 0.500. The monoisotopic (exact) mass is 392 g/mol.